The molecule has 6 heteroatoms. The number of non-ortho nitro benzene ring substituents is 1. The Morgan fingerprint density at radius 3 is 2.68 bits per heavy atom. The van der Waals surface area contributed by atoms with E-state index in [1.165, 1.54) is 5.56 Å². The molecule has 0 bridgehead atoms. The van der Waals surface area contributed by atoms with Gasteiger partial charge in [0, 0.05) is 23.9 Å². The third kappa shape index (κ3) is 5.02. The summed E-state index contributed by atoms with van der Waals surface area (Å²) < 4.78 is 4.51. The Morgan fingerprint density at radius 2 is 2.18 bits per heavy atom. The van der Waals surface area contributed by atoms with E-state index in [-0.39, 0.29) is 16.7 Å². The minimum atomic E-state index is -0.355. The van der Waals surface area contributed by atoms with E-state index < -0.39 is 0 Å². The summed E-state index contributed by atoms with van der Waals surface area (Å²) >= 11 is 0. The average Bonchev–Trinajstić information content (AvgIpc) is 2.47. The number of nitrogens with zero attached hydrogens (tertiary/aromatic N) is 1. The Kier molecular flexibility index (Phi) is 6.82. The Bertz CT molecular complexity index is 519. The van der Waals surface area contributed by atoms with Crippen molar-refractivity contribution in [3.63, 3.8) is 0 Å². The van der Waals surface area contributed by atoms with Gasteiger partial charge in [0.05, 0.1) is 11.0 Å². The fourth-order valence-corrected chi connectivity index (χ4v) is 2.39. The summed E-state index contributed by atoms with van der Waals surface area (Å²) in [5, 5.41) is 13.9. The van der Waals surface area contributed by atoms with Gasteiger partial charge in [0.1, 0.15) is 0 Å². The van der Waals surface area contributed by atoms with Crippen LogP contribution in [0, 0.1) is 10.1 Å². The van der Waals surface area contributed by atoms with Crippen LogP contribution in [0.25, 0.3) is 0 Å². The van der Waals surface area contributed by atoms with Crippen molar-refractivity contribution in [2.75, 3.05) is 5.32 Å². The number of rotatable bonds is 4. The molecule has 0 saturated carbocycles. The smallest absolute Gasteiger partial charge is 0.293 e. The van der Waals surface area contributed by atoms with Gasteiger partial charge in [-0.25, -0.2) is 0 Å². The zero-order valence-corrected chi connectivity index (χ0v) is 13.5. The van der Waals surface area contributed by atoms with E-state index in [0.717, 1.165) is 18.5 Å². The predicted octanol–water partition coefficient (Wildman–Crippen LogP) is 3.86. The summed E-state index contributed by atoms with van der Waals surface area (Å²) in [5.41, 5.74) is 2.25. The highest BCUT2D eigenvalue weighted by atomic mass is 16.6. The lowest BCUT2D eigenvalue weighted by molar-refractivity contribution is -0.384. The van der Waals surface area contributed by atoms with E-state index in [4.69, 9.17) is 0 Å². The average molecular weight is 308 g/mol. The van der Waals surface area contributed by atoms with Gasteiger partial charge >= 0.3 is 0 Å². The summed E-state index contributed by atoms with van der Waals surface area (Å²) in [7, 11) is 0. The van der Waals surface area contributed by atoms with Gasteiger partial charge in [-0.2, -0.15) is 0 Å². The molecule has 6 nitrogen and oxygen atoms in total. The molecular weight excluding hydrogens is 284 g/mol. The second-order valence-corrected chi connectivity index (χ2v) is 5.66. The number of hydrogen-bond acceptors (Lipinski definition) is 5. The van der Waals surface area contributed by atoms with Crippen LogP contribution in [0.2, 0.25) is 0 Å². The summed E-state index contributed by atoms with van der Waals surface area (Å²) in [6, 6.07) is 5.44. The highest BCUT2D eigenvalue weighted by molar-refractivity contribution is 5.60. The first-order chi connectivity index (χ1) is 10.4. The van der Waals surface area contributed by atoms with Gasteiger partial charge in [-0.1, -0.05) is 13.8 Å². The summed E-state index contributed by atoms with van der Waals surface area (Å²) in [6.45, 7) is 8.55. The number of ether oxygens (including phenoxy) is 1. The number of anilines is 1. The second kappa shape index (κ2) is 8.36. The van der Waals surface area contributed by atoms with Gasteiger partial charge in [0.15, 0.2) is 0 Å². The molecule has 1 N–H and O–H groups in total. The fraction of sp³-hybridized carbons (Fsp3) is 0.562. The van der Waals surface area contributed by atoms with Crippen LogP contribution in [0.3, 0.4) is 0 Å². The topological polar surface area (TPSA) is 81.5 Å². The van der Waals surface area contributed by atoms with Gasteiger partial charge in [-0.05, 0) is 44.2 Å². The maximum atomic E-state index is 10.6. The molecule has 1 aliphatic rings. The van der Waals surface area contributed by atoms with Crippen LogP contribution in [0.1, 0.15) is 52.0 Å². The van der Waals surface area contributed by atoms with Crippen LogP contribution in [-0.4, -0.2) is 23.5 Å². The summed E-state index contributed by atoms with van der Waals surface area (Å²) in [5.74, 6) is 0.469. The van der Waals surface area contributed by atoms with Crippen molar-refractivity contribution < 1.29 is 14.5 Å². The van der Waals surface area contributed by atoms with Gasteiger partial charge in [0.25, 0.3) is 12.2 Å². The van der Waals surface area contributed by atoms with Crippen LogP contribution in [0.15, 0.2) is 18.2 Å². The lowest BCUT2D eigenvalue weighted by Crippen LogP contribution is -2.24. The Labute approximate surface area is 131 Å². The molecule has 122 valence electrons. The molecule has 3 unspecified atom stereocenters. The Morgan fingerprint density at radius 1 is 1.50 bits per heavy atom. The van der Waals surface area contributed by atoms with Crippen molar-refractivity contribution in [1.29, 1.82) is 0 Å². The number of nitro groups is 1. The number of carbonyl (C=O) groups excluding carboxylic acids is 1. The maximum Gasteiger partial charge on any atom is 0.293 e. The van der Waals surface area contributed by atoms with E-state index >= 15 is 0 Å². The SMILES string of the molecule is CC1CC(C)c2ccc([N+](=O)[O-])cc2N1.CCC(C)OC=O. The first-order valence-corrected chi connectivity index (χ1v) is 7.53. The molecule has 0 saturated heterocycles. The number of nitrogens with one attached hydrogen (secondary N) is 1. The molecule has 1 aromatic rings. The zero-order valence-electron chi connectivity index (χ0n) is 13.5. The molecule has 2 rings (SSSR count). The lowest BCUT2D eigenvalue weighted by Gasteiger charge is -2.28. The van der Waals surface area contributed by atoms with E-state index in [0.29, 0.717) is 18.4 Å². The highest BCUT2D eigenvalue weighted by Gasteiger charge is 2.22. The monoisotopic (exact) mass is 308 g/mol. The molecule has 0 amide bonds. The third-order valence-corrected chi connectivity index (χ3v) is 3.75. The van der Waals surface area contributed by atoms with Gasteiger partial charge in [-0.15, -0.1) is 0 Å². The maximum absolute atomic E-state index is 10.6. The van der Waals surface area contributed by atoms with Crippen molar-refractivity contribution >= 4 is 17.8 Å². The standard InChI is InChI=1S/C11H14N2O2.C5H10O2/c1-7-5-8(2)12-11-6-9(13(14)15)3-4-10(7)11;1-3-5(2)7-4-6/h3-4,6-8,12H,5H2,1-2H3;4-5H,3H2,1-2H3. The quantitative estimate of drug-likeness (QED) is 0.519. The Balaban J connectivity index is 0.000000295. The van der Waals surface area contributed by atoms with Crippen LogP contribution >= 0.6 is 0 Å². The molecule has 0 fully saturated rings. The number of fused-ring (bicyclic) bond motifs is 1. The van der Waals surface area contributed by atoms with E-state index in [1.807, 2.05) is 19.9 Å². The van der Waals surface area contributed by atoms with Crippen LogP contribution in [0.5, 0.6) is 0 Å². The molecule has 0 spiro atoms. The number of nitro benzene ring substituents is 1. The predicted molar refractivity (Wildman–Crippen MR) is 86.1 cm³/mol. The van der Waals surface area contributed by atoms with Crippen LogP contribution in [-0.2, 0) is 9.53 Å². The third-order valence-electron chi connectivity index (χ3n) is 3.75. The normalized spacial score (nSPS) is 20.5. The first-order valence-electron chi connectivity index (χ1n) is 7.53. The van der Waals surface area contributed by atoms with Crippen molar-refractivity contribution in [3.8, 4) is 0 Å². The van der Waals surface area contributed by atoms with Gasteiger partial charge in [-0.3, -0.25) is 14.9 Å². The molecule has 1 heterocycles. The number of benzene rings is 1. The van der Waals surface area contributed by atoms with Crippen molar-refractivity contribution in [2.24, 2.45) is 0 Å². The highest BCUT2D eigenvalue weighted by Crippen LogP contribution is 2.35. The number of hydrogen-bond donors (Lipinski definition) is 1. The molecule has 0 radical (unpaired) electrons. The summed E-state index contributed by atoms with van der Waals surface area (Å²) in [4.78, 5) is 19.8. The first kappa shape index (κ1) is 17.9. The largest absolute Gasteiger partial charge is 0.465 e. The molecule has 0 aliphatic carbocycles. The van der Waals surface area contributed by atoms with Crippen molar-refractivity contribution in [1.82, 2.24) is 0 Å². The minimum absolute atomic E-state index is 0.0810. The van der Waals surface area contributed by atoms with E-state index in [2.05, 4.69) is 23.9 Å². The molecule has 0 aromatic heterocycles. The van der Waals surface area contributed by atoms with Crippen LogP contribution in [0.4, 0.5) is 11.4 Å². The molecule has 1 aromatic carbocycles. The zero-order chi connectivity index (χ0) is 16.7. The fourth-order valence-electron chi connectivity index (χ4n) is 2.39. The Hall–Kier alpha value is -2.11. The minimum Gasteiger partial charge on any atom is -0.465 e. The molecule has 3 atom stereocenters. The lowest BCUT2D eigenvalue weighted by atomic mass is 9.89. The van der Waals surface area contributed by atoms with Gasteiger partial charge in [0.2, 0.25) is 0 Å². The second-order valence-electron chi connectivity index (χ2n) is 5.66. The molecule has 1 aliphatic heterocycles. The summed E-state index contributed by atoms with van der Waals surface area (Å²) in [6.07, 6.45) is 2.04. The van der Waals surface area contributed by atoms with E-state index in [1.54, 1.807) is 12.1 Å². The van der Waals surface area contributed by atoms with Crippen molar-refractivity contribution in [2.45, 2.75) is 58.6 Å². The number of carbonyl (C=O) groups is 1. The molecular formula is C16H24N2O4. The molecule has 22 heavy (non-hydrogen) atoms. The van der Waals surface area contributed by atoms with Crippen molar-refractivity contribution in [3.05, 3.63) is 33.9 Å². The van der Waals surface area contributed by atoms with E-state index in [9.17, 15) is 14.9 Å². The van der Waals surface area contributed by atoms with Crippen LogP contribution < -0.4 is 5.32 Å². The van der Waals surface area contributed by atoms with Gasteiger partial charge < -0.3 is 10.1 Å².